The molecular weight excluding hydrogens is 282 g/mol. The normalized spacial score (nSPS) is 10.8. The Morgan fingerprint density at radius 3 is 3.00 bits per heavy atom. The van der Waals surface area contributed by atoms with Gasteiger partial charge >= 0.3 is 0 Å². The van der Waals surface area contributed by atoms with Crippen LogP contribution < -0.4 is 10.1 Å². The van der Waals surface area contributed by atoms with E-state index in [1.165, 1.54) is 11.1 Å². The van der Waals surface area contributed by atoms with E-state index in [1.54, 1.807) is 17.7 Å². The molecule has 0 atom stereocenters. The second-order valence-electron chi connectivity index (χ2n) is 4.91. The highest BCUT2D eigenvalue weighted by molar-refractivity contribution is 7.18. The van der Waals surface area contributed by atoms with Gasteiger partial charge in [-0.05, 0) is 42.5 Å². The van der Waals surface area contributed by atoms with Gasteiger partial charge in [-0.15, -0.1) is 11.3 Å². The number of anilines is 1. The number of rotatable bonds is 5. The van der Waals surface area contributed by atoms with Crippen molar-refractivity contribution in [1.29, 1.82) is 0 Å². The Hall–Kier alpha value is -2.14. The van der Waals surface area contributed by atoms with Gasteiger partial charge in [-0.3, -0.25) is 0 Å². The van der Waals surface area contributed by atoms with Gasteiger partial charge in [0.05, 0.1) is 16.8 Å². The Morgan fingerprint density at radius 1 is 1.24 bits per heavy atom. The summed E-state index contributed by atoms with van der Waals surface area (Å²) in [7, 11) is 0. The molecule has 3 aromatic rings. The monoisotopic (exact) mass is 299 g/mol. The quantitative estimate of drug-likeness (QED) is 0.728. The standard InChI is InChI=1S/C16H17N3OS/c1-11-4-3-5-13(8-11)20-7-6-17-16-15-14(18-10-19-16)12(2)9-21-15/h3-5,8-10H,6-7H2,1-2H3,(H,17,18,19). The van der Waals surface area contributed by atoms with E-state index in [0.717, 1.165) is 21.8 Å². The van der Waals surface area contributed by atoms with Gasteiger partial charge in [0.2, 0.25) is 0 Å². The molecule has 3 rings (SSSR count). The summed E-state index contributed by atoms with van der Waals surface area (Å²) in [4.78, 5) is 8.63. The van der Waals surface area contributed by atoms with E-state index < -0.39 is 0 Å². The molecule has 108 valence electrons. The van der Waals surface area contributed by atoms with E-state index in [2.05, 4.69) is 40.6 Å². The Balaban J connectivity index is 1.60. The lowest BCUT2D eigenvalue weighted by atomic mass is 10.2. The summed E-state index contributed by atoms with van der Waals surface area (Å²) < 4.78 is 6.83. The third-order valence-corrected chi connectivity index (χ3v) is 4.28. The smallest absolute Gasteiger partial charge is 0.147 e. The van der Waals surface area contributed by atoms with Gasteiger partial charge in [0.1, 0.15) is 24.5 Å². The van der Waals surface area contributed by atoms with E-state index in [1.807, 2.05) is 18.2 Å². The first-order valence-corrected chi connectivity index (χ1v) is 7.74. The lowest BCUT2D eigenvalue weighted by Gasteiger charge is -2.09. The minimum absolute atomic E-state index is 0.597. The summed E-state index contributed by atoms with van der Waals surface area (Å²) >= 11 is 1.67. The number of thiophene rings is 1. The van der Waals surface area contributed by atoms with Crippen LogP contribution in [0.1, 0.15) is 11.1 Å². The molecule has 0 unspecified atom stereocenters. The molecule has 0 amide bonds. The largest absolute Gasteiger partial charge is 0.492 e. The SMILES string of the molecule is Cc1cccc(OCCNc2ncnc3c(C)csc23)c1. The second kappa shape index (κ2) is 6.10. The van der Waals surface area contributed by atoms with Crippen LogP contribution in [0, 0.1) is 13.8 Å². The first-order chi connectivity index (χ1) is 10.2. The molecule has 5 heteroatoms. The topological polar surface area (TPSA) is 47.0 Å². The number of nitrogens with zero attached hydrogens (tertiary/aromatic N) is 2. The van der Waals surface area contributed by atoms with E-state index in [9.17, 15) is 0 Å². The number of hydrogen-bond donors (Lipinski definition) is 1. The average molecular weight is 299 g/mol. The summed E-state index contributed by atoms with van der Waals surface area (Å²) in [6.45, 7) is 5.43. The van der Waals surface area contributed by atoms with Crippen LogP contribution in [0.5, 0.6) is 5.75 Å². The number of benzene rings is 1. The molecule has 0 aliphatic carbocycles. The zero-order valence-electron chi connectivity index (χ0n) is 12.1. The van der Waals surface area contributed by atoms with E-state index >= 15 is 0 Å². The fourth-order valence-electron chi connectivity index (χ4n) is 2.14. The first kappa shape index (κ1) is 13.8. The number of aryl methyl sites for hydroxylation is 2. The molecule has 0 bridgehead atoms. The summed E-state index contributed by atoms with van der Waals surface area (Å²) in [5.41, 5.74) is 3.42. The van der Waals surface area contributed by atoms with Crippen LogP contribution in [0.3, 0.4) is 0 Å². The number of hydrogen-bond acceptors (Lipinski definition) is 5. The Morgan fingerprint density at radius 2 is 2.14 bits per heavy atom. The molecule has 0 saturated heterocycles. The second-order valence-corrected chi connectivity index (χ2v) is 5.79. The van der Waals surface area contributed by atoms with Gasteiger partial charge in [0.25, 0.3) is 0 Å². The van der Waals surface area contributed by atoms with Gasteiger partial charge in [0, 0.05) is 0 Å². The average Bonchev–Trinajstić information content (AvgIpc) is 2.86. The maximum Gasteiger partial charge on any atom is 0.147 e. The lowest BCUT2D eigenvalue weighted by molar-refractivity contribution is 0.332. The lowest BCUT2D eigenvalue weighted by Crippen LogP contribution is -2.12. The third kappa shape index (κ3) is 3.13. The van der Waals surface area contributed by atoms with Crippen LogP contribution in [0.2, 0.25) is 0 Å². The molecule has 0 radical (unpaired) electrons. The molecule has 1 aromatic carbocycles. The van der Waals surface area contributed by atoms with Crippen molar-refractivity contribution in [2.45, 2.75) is 13.8 Å². The van der Waals surface area contributed by atoms with Crippen LogP contribution in [0.15, 0.2) is 36.0 Å². The highest BCUT2D eigenvalue weighted by Gasteiger charge is 2.07. The summed E-state index contributed by atoms with van der Waals surface area (Å²) in [5, 5.41) is 5.43. The van der Waals surface area contributed by atoms with Gasteiger partial charge < -0.3 is 10.1 Å². The molecule has 2 aromatic heterocycles. The van der Waals surface area contributed by atoms with Gasteiger partial charge in [-0.2, -0.15) is 0 Å². The zero-order valence-corrected chi connectivity index (χ0v) is 12.9. The van der Waals surface area contributed by atoms with Crippen molar-refractivity contribution in [3.63, 3.8) is 0 Å². The van der Waals surface area contributed by atoms with Crippen LogP contribution in [0.25, 0.3) is 10.2 Å². The molecule has 1 N–H and O–H groups in total. The highest BCUT2D eigenvalue weighted by atomic mass is 32.1. The molecule has 4 nitrogen and oxygen atoms in total. The minimum atomic E-state index is 0.597. The molecule has 0 fully saturated rings. The molecular formula is C16H17N3OS. The third-order valence-electron chi connectivity index (χ3n) is 3.18. The molecule has 21 heavy (non-hydrogen) atoms. The predicted molar refractivity (Wildman–Crippen MR) is 87.3 cm³/mol. The maximum absolute atomic E-state index is 5.72. The molecule has 0 saturated carbocycles. The van der Waals surface area contributed by atoms with Crippen LogP contribution >= 0.6 is 11.3 Å². The summed E-state index contributed by atoms with van der Waals surface area (Å²) in [6, 6.07) is 8.06. The van der Waals surface area contributed by atoms with Crippen molar-refractivity contribution < 1.29 is 4.74 Å². The van der Waals surface area contributed by atoms with Crippen molar-refractivity contribution >= 4 is 27.4 Å². The van der Waals surface area contributed by atoms with E-state index in [4.69, 9.17) is 4.74 Å². The molecule has 2 heterocycles. The maximum atomic E-state index is 5.72. The molecule has 0 spiro atoms. The summed E-state index contributed by atoms with van der Waals surface area (Å²) in [5.74, 6) is 1.78. The first-order valence-electron chi connectivity index (χ1n) is 6.86. The molecule has 0 aliphatic rings. The Labute approximate surface area is 127 Å². The minimum Gasteiger partial charge on any atom is -0.492 e. The van der Waals surface area contributed by atoms with E-state index in [-0.39, 0.29) is 0 Å². The van der Waals surface area contributed by atoms with Crippen molar-refractivity contribution in [1.82, 2.24) is 9.97 Å². The van der Waals surface area contributed by atoms with Crippen molar-refractivity contribution in [3.8, 4) is 5.75 Å². The molecule has 0 aliphatic heterocycles. The number of nitrogens with one attached hydrogen (secondary N) is 1. The van der Waals surface area contributed by atoms with Crippen molar-refractivity contribution in [2.75, 3.05) is 18.5 Å². The van der Waals surface area contributed by atoms with Gasteiger partial charge in [-0.1, -0.05) is 12.1 Å². The van der Waals surface area contributed by atoms with Crippen LogP contribution in [-0.2, 0) is 0 Å². The number of aromatic nitrogens is 2. The van der Waals surface area contributed by atoms with Crippen LogP contribution in [-0.4, -0.2) is 23.1 Å². The Bertz CT molecular complexity index is 754. The van der Waals surface area contributed by atoms with Gasteiger partial charge in [0.15, 0.2) is 0 Å². The van der Waals surface area contributed by atoms with Crippen molar-refractivity contribution in [3.05, 3.63) is 47.1 Å². The predicted octanol–water partition coefficient (Wildman–Crippen LogP) is 3.80. The van der Waals surface area contributed by atoms with Crippen LogP contribution in [0.4, 0.5) is 5.82 Å². The fourth-order valence-corrected chi connectivity index (χ4v) is 3.11. The fraction of sp³-hybridized carbons (Fsp3) is 0.250. The summed E-state index contributed by atoms with van der Waals surface area (Å²) in [6.07, 6.45) is 1.60. The van der Waals surface area contributed by atoms with E-state index in [0.29, 0.717) is 13.2 Å². The number of fused-ring (bicyclic) bond motifs is 1. The van der Waals surface area contributed by atoms with Crippen molar-refractivity contribution in [2.24, 2.45) is 0 Å². The van der Waals surface area contributed by atoms with Gasteiger partial charge in [-0.25, -0.2) is 9.97 Å². The number of ether oxygens (including phenoxy) is 1. The Kier molecular flexibility index (Phi) is 4.01. The zero-order chi connectivity index (χ0) is 14.7. The highest BCUT2D eigenvalue weighted by Crippen LogP contribution is 2.28.